The smallest absolute Gasteiger partial charge is 0.172 e. The van der Waals surface area contributed by atoms with Crippen LogP contribution in [0.3, 0.4) is 0 Å². The van der Waals surface area contributed by atoms with Gasteiger partial charge in [0, 0.05) is 12.3 Å². The van der Waals surface area contributed by atoms with Crippen molar-refractivity contribution < 1.29 is 9.84 Å². The van der Waals surface area contributed by atoms with E-state index in [9.17, 15) is 5.11 Å². The Morgan fingerprint density at radius 2 is 2.14 bits per heavy atom. The zero-order valence-electron chi connectivity index (χ0n) is 11.7. The highest BCUT2D eigenvalue weighted by molar-refractivity contribution is 7.99. The molecule has 0 unspecified atom stereocenters. The number of benzene rings is 1. The van der Waals surface area contributed by atoms with E-state index in [1.165, 1.54) is 11.8 Å². The molecule has 0 aliphatic carbocycles. The first-order valence-electron chi connectivity index (χ1n) is 6.51. The van der Waals surface area contributed by atoms with Gasteiger partial charge in [0.05, 0.1) is 24.2 Å². The average Bonchev–Trinajstić information content (AvgIpc) is 2.88. The van der Waals surface area contributed by atoms with Crippen molar-refractivity contribution in [1.82, 2.24) is 15.0 Å². The second kappa shape index (κ2) is 5.75. The average molecular weight is 301 g/mol. The van der Waals surface area contributed by atoms with E-state index >= 15 is 0 Å². The molecule has 0 saturated heterocycles. The molecule has 0 bridgehead atoms. The maximum Gasteiger partial charge on any atom is 0.172 e. The van der Waals surface area contributed by atoms with Crippen molar-refractivity contribution in [3.63, 3.8) is 0 Å². The number of hydrogen-bond acceptors (Lipinski definition) is 5. The summed E-state index contributed by atoms with van der Waals surface area (Å²) in [6.45, 7) is 1.72. The minimum absolute atomic E-state index is 0.504. The molecule has 0 aliphatic rings. The van der Waals surface area contributed by atoms with Crippen LogP contribution in [0.2, 0.25) is 0 Å². The Morgan fingerprint density at radius 3 is 2.81 bits per heavy atom. The van der Waals surface area contributed by atoms with Crippen LogP contribution in [0.1, 0.15) is 18.6 Å². The van der Waals surface area contributed by atoms with Gasteiger partial charge < -0.3 is 14.8 Å². The Balaban J connectivity index is 1.84. The van der Waals surface area contributed by atoms with Gasteiger partial charge in [-0.1, -0.05) is 6.07 Å². The third-order valence-corrected chi connectivity index (χ3v) is 3.95. The lowest BCUT2D eigenvalue weighted by atomic mass is 10.2. The Hall–Kier alpha value is -2.05. The summed E-state index contributed by atoms with van der Waals surface area (Å²) < 4.78 is 5.19. The summed E-state index contributed by atoms with van der Waals surface area (Å²) >= 11 is 1.45. The van der Waals surface area contributed by atoms with Gasteiger partial charge in [0.25, 0.3) is 0 Å². The SMILES string of the molecule is COc1ccc2nc(Sc3ccc([C@@H](C)O)cn3)[nH]c2c1. The third kappa shape index (κ3) is 3.01. The van der Waals surface area contributed by atoms with Gasteiger partial charge in [-0.15, -0.1) is 0 Å². The molecule has 1 atom stereocenters. The Bertz CT molecular complexity index is 753. The minimum atomic E-state index is -0.504. The van der Waals surface area contributed by atoms with Gasteiger partial charge >= 0.3 is 0 Å². The quantitative estimate of drug-likeness (QED) is 0.774. The maximum atomic E-state index is 9.47. The van der Waals surface area contributed by atoms with Crippen molar-refractivity contribution in [2.45, 2.75) is 23.2 Å². The molecule has 2 N–H and O–H groups in total. The Morgan fingerprint density at radius 1 is 1.29 bits per heavy atom. The number of aromatic amines is 1. The standard InChI is InChI=1S/C15H15N3O2S/c1-9(19)10-3-6-14(16-8-10)21-15-17-12-5-4-11(20-2)7-13(12)18-15/h3-9,19H,1-2H3,(H,17,18)/t9-/m1/s1. The second-order valence-electron chi connectivity index (χ2n) is 4.63. The molecule has 5 nitrogen and oxygen atoms in total. The highest BCUT2D eigenvalue weighted by Gasteiger charge is 2.07. The first-order valence-corrected chi connectivity index (χ1v) is 7.33. The van der Waals surface area contributed by atoms with E-state index in [0.29, 0.717) is 0 Å². The summed E-state index contributed by atoms with van der Waals surface area (Å²) in [7, 11) is 1.64. The molecule has 6 heteroatoms. The van der Waals surface area contributed by atoms with Crippen molar-refractivity contribution in [2.75, 3.05) is 7.11 Å². The molecule has 108 valence electrons. The number of nitrogens with one attached hydrogen (secondary N) is 1. The van der Waals surface area contributed by atoms with E-state index in [1.807, 2.05) is 30.3 Å². The molecule has 0 aliphatic heterocycles. The largest absolute Gasteiger partial charge is 0.497 e. The van der Waals surface area contributed by atoms with Gasteiger partial charge in [0.2, 0.25) is 0 Å². The third-order valence-electron chi connectivity index (χ3n) is 3.11. The number of hydrogen-bond donors (Lipinski definition) is 2. The number of fused-ring (bicyclic) bond motifs is 1. The highest BCUT2D eigenvalue weighted by atomic mass is 32.2. The lowest BCUT2D eigenvalue weighted by molar-refractivity contribution is 0.198. The van der Waals surface area contributed by atoms with Crippen LogP contribution in [0.5, 0.6) is 5.75 Å². The fourth-order valence-electron chi connectivity index (χ4n) is 1.94. The summed E-state index contributed by atoms with van der Waals surface area (Å²) in [5.74, 6) is 0.794. The molecular weight excluding hydrogens is 286 g/mol. The fourth-order valence-corrected chi connectivity index (χ4v) is 2.68. The van der Waals surface area contributed by atoms with E-state index in [4.69, 9.17) is 4.74 Å². The van der Waals surface area contributed by atoms with Crippen molar-refractivity contribution in [2.24, 2.45) is 0 Å². The van der Waals surface area contributed by atoms with Gasteiger partial charge in [0.15, 0.2) is 5.16 Å². The summed E-state index contributed by atoms with van der Waals surface area (Å²) in [4.78, 5) is 12.1. The molecule has 21 heavy (non-hydrogen) atoms. The molecule has 0 saturated carbocycles. The number of pyridine rings is 1. The van der Waals surface area contributed by atoms with E-state index in [1.54, 1.807) is 20.2 Å². The van der Waals surface area contributed by atoms with Gasteiger partial charge in [0.1, 0.15) is 10.8 Å². The predicted molar refractivity (Wildman–Crippen MR) is 81.6 cm³/mol. The molecular formula is C15H15N3O2S. The number of ether oxygens (including phenoxy) is 1. The van der Waals surface area contributed by atoms with Crippen molar-refractivity contribution >= 4 is 22.8 Å². The van der Waals surface area contributed by atoms with Crippen molar-refractivity contribution in [1.29, 1.82) is 0 Å². The number of aliphatic hydroxyl groups excluding tert-OH is 1. The van der Waals surface area contributed by atoms with Crippen LogP contribution in [0, 0.1) is 0 Å². The Labute approximate surface area is 126 Å². The summed E-state index contributed by atoms with van der Waals surface area (Å²) in [5.41, 5.74) is 2.62. The summed E-state index contributed by atoms with van der Waals surface area (Å²) in [6, 6.07) is 9.45. The summed E-state index contributed by atoms with van der Waals surface area (Å²) in [6.07, 6.45) is 1.17. The molecule has 0 radical (unpaired) electrons. The van der Waals surface area contributed by atoms with Crippen LogP contribution in [-0.2, 0) is 0 Å². The van der Waals surface area contributed by atoms with Gasteiger partial charge in [-0.05, 0) is 42.4 Å². The van der Waals surface area contributed by atoms with Crippen LogP contribution < -0.4 is 4.74 Å². The summed E-state index contributed by atoms with van der Waals surface area (Å²) in [5, 5.41) is 11.1. The molecule has 2 aromatic heterocycles. The molecule has 3 rings (SSSR count). The lowest BCUT2D eigenvalue weighted by Crippen LogP contribution is -1.92. The van der Waals surface area contributed by atoms with Crippen LogP contribution in [0.4, 0.5) is 0 Å². The molecule has 1 aromatic carbocycles. The predicted octanol–water partition coefficient (Wildman–Crippen LogP) is 3.17. The number of rotatable bonds is 4. The van der Waals surface area contributed by atoms with E-state index in [-0.39, 0.29) is 0 Å². The molecule has 0 fully saturated rings. The molecule has 3 aromatic rings. The number of nitrogens with zero attached hydrogens (tertiary/aromatic N) is 2. The molecule has 2 heterocycles. The van der Waals surface area contributed by atoms with Gasteiger partial charge in [-0.25, -0.2) is 9.97 Å². The zero-order chi connectivity index (χ0) is 14.8. The normalized spacial score (nSPS) is 12.5. The number of methoxy groups -OCH3 is 1. The van der Waals surface area contributed by atoms with Crippen LogP contribution >= 0.6 is 11.8 Å². The highest BCUT2D eigenvalue weighted by Crippen LogP contribution is 2.27. The second-order valence-corrected chi connectivity index (χ2v) is 5.64. The zero-order valence-corrected chi connectivity index (χ0v) is 12.5. The van der Waals surface area contributed by atoms with Crippen LogP contribution in [0.25, 0.3) is 11.0 Å². The van der Waals surface area contributed by atoms with Crippen LogP contribution in [-0.4, -0.2) is 27.2 Å². The van der Waals surface area contributed by atoms with Crippen LogP contribution in [0.15, 0.2) is 46.7 Å². The molecule has 0 amide bonds. The number of H-pyrrole nitrogens is 1. The number of aliphatic hydroxyl groups is 1. The maximum absolute atomic E-state index is 9.47. The topological polar surface area (TPSA) is 71.0 Å². The monoisotopic (exact) mass is 301 g/mol. The van der Waals surface area contributed by atoms with Crippen molar-refractivity contribution in [3.05, 3.63) is 42.1 Å². The van der Waals surface area contributed by atoms with Gasteiger partial charge in [-0.3, -0.25) is 0 Å². The van der Waals surface area contributed by atoms with E-state index < -0.39 is 6.10 Å². The van der Waals surface area contributed by atoms with E-state index in [0.717, 1.165) is 32.5 Å². The number of imidazole rings is 1. The lowest BCUT2D eigenvalue weighted by Gasteiger charge is -2.03. The first-order chi connectivity index (χ1) is 10.2. The first kappa shape index (κ1) is 13.9. The number of aromatic nitrogens is 3. The Kier molecular flexibility index (Phi) is 3.81. The minimum Gasteiger partial charge on any atom is -0.497 e. The fraction of sp³-hybridized carbons (Fsp3) is 0.200. The van der Waals surface area contributed by atoms with Crippen molar-refractivity contribution in [3.8, 4) is 5.75 Å². The van der Waals surface area contributed by atoms with Gasteiger partial charge in [-0.2, -0.15) is 0 Å². The molecule has 0 spiro atoms. The van der Waals surface area contributed by atoms with E-state index in [2.05, 4.69) is 15.0 Å².